The van der Waals surface area contributed by atoms with E-state index in [0.29, 0.717) is 11.5 Å². The van der Waals surface area contributed by atoms with Gasteiger partial charge in [0.2, 0.25) is 5.71 Å². The van der Waals surface area contributed by atoms with Crippen LogP contribution in [0.15, 0.2) is 211 Å². The smallest absolute Gasteiger partial charge is 0.231 e. The molecule has 0 saturated heterocycles. The van der Waals surface area contributed by atoms with Gasteiger partial charge in [-0.15, -0.1) is 0 Å². The molecule has 0 saturated carbocycles. The van der Waals surface area contributed by atoms with Crippen LogP contribution in [0.2, 0.25) is 0 Å². The van der Waals surface area contributed by atoms with Crippen LogP contribution in [0.25, 0.3) is 111 Å². The van der Waals surface area contributed by atoms with Gasteiger partial charge in [-0.1, -0.05) is 176 Å². The Labute approximate surface area is 330 Å². The van der Waals surface area contributed by atoms with Crippen LogP contribution in [-0.4, -0.2) is 9.97 Å². The van der Waals surface area contributed by atoms with Crippen molar-refractivity contribution in [3.05, 3.63) is 206 Å². The molecular weight excluding hydrogens is 693 g/mol. The molecule has 57 heavy (non-hydrogen) atoms. The summed E-state index contributed by atoms with van der Waals surface area (Å²) in [6, 6.07) is 73.0. The van der Waals surface area contributed by atoms with Crippen LogP contribution in [0.4, 0.5) is 0 Å². The summed E-state index contributed by atoms with van der Waals surface area (Å²) in [4.78, 5) is 10.4. The van der Waals surface area contributed by atoms with Crippen molar-refractivity contribution in [2.75, 3.05) is 0 Å². The first-order valence-electron chi connectivity index (χ1n) is 19.3. The number of fused-ring (bicyclic) bond motifs is 8. The van der Waals surface area contributed by atoms with E-state index >= 15 is 0 Å². The van der Waals surface area contributed by atoms with Gasteiger partial charge in [0.1, 0.15) is 5.58 Å². The number of hydrogen-bond donors (Lipinski definition) is 0. The summed E-state index contributed by atoms with van der Waals surface area (Å²) < 4.78 is 6.81. The fraction of sp³-hybridized carbons (Fsp3) is 0. The highest BCUT2D eigenvalue weighted by atomic mass is 16.3. The van der Waals surface area contributed by atoms with Crippen LogP contribution in [0.3, 0.4) is 0 Å². The number of hydrogen-bond acceptors (Lipinski definition) is 3. The minimum absolute atomic E-state index is 0.579. The van der Waals surface area contributed by atoms with E-state index in [1.54, 1.807) is 0 Å². The van der Waals surface area contributed by atoms with E-state index in [2.05, 4.69) is 188 Å². The molecule has 0 spiro atoms. The van der Waals surface area contributed by atoms with Crippen LogP contribution >= 0.6 is 0 Å². The second-order valence-electron chi connectivity index (χ2n) is 14.5. The van der Waals surface area contributed by atoms with Crippen LogP contribution in [0.1, 0.15) is 0 Å². The highest BCUT2D eigenvalue weighted by Crippen LogP contribution is 2.44. The minimum Gasteiger partial charge on any atom is -0.437 e. The third kappa shape index (κ3) is 5.76. The highest BCUT2D eigenvalue weighted by Gasteiger charge is 2.22. The number of nitrogens with zero attached hydrogens (tertiary/aromatic N) is 2. The summed E-state index contributed by atoms with van der Waals surface area (Å²) in [5.41, 5.74) is 13.5. The van der Waals surface area contributed by atoms with E-state index in [4.69, 9.17) is 14.4 Å². The van der Waals surface area contributed by atoms with E-state index in [-0.39, 0.29) is 0 Å². The third-order valence-electron chi connectivity index (χ3n) is 11.1. The molecule has 0 aliphatic heterocycles. The SMILES string of the molecule is c1ccc(-c2cc(-c3ccccc3)cc(-c3cccc(-c4cccc(-c5nc(-c6ccccc6)nc6oc7c8ccccc8c8ccccc8c7c56)c4)c3)c2)cc1. The van der Waals surface area contributed by atoms with Crippen molar-refractivity contribution >= 4 is 43.6 Å². The molecule has 9 aromatic carbocycles. The topological polar surface area (TPSA) is 38.9 Å². The second kappa shape index (κ2) is 13.6. The number of furan rings is 1. The molecule has 2 aromatic heterocycles. The quantitative estimate of drug-likeness (QED) is 0.160. The van der Waals surface area contributed by atoms with Crippen molar-refractivity contribution in [2.24, 2.45) is 0 Å². The maximum atomic E-state index is 6.81. The summed E-state index contributed by atoms with van der Waals surface area (Å²) in [6.45, 7) is 0. The lowest BCUT2D eigenvalue weighted by molar-refractivity contribution is 0.657. The molecule has 2 heterocycles. The van der Waals surface area contributed by atoms with E-state index in [1.807, 2.05) is 18.2 Å². The zero-order chi connectivity index (χ0) is 37.7. The summed E-state index contributed by atoms with van der Waals surface area (Å²) >= 11 is 0. The first-order valence-corrected chi connectivity index (χ1v) is 19.3. The molecule has 0 aliphatic carbocycles. The van der Waals surface area contributed by atoms with Crippen molar-refractivity contribution < 1.29 is 4.42 Å². The number of aromatic nitrogens is 2. The van der Waals surface area contributed by atoms with Crippen molar-refractivity contribution in [2.45, 2.75) is 0 Å². The summed E-state index contributed by atoms with van der Waals surface area (Å²) in [7, 11) is 0. The maximum Gasteiger partial charge on any atom is 0.231 e. The molecule has 0 unspecified atom stereocenters. The van der Waals surface area contributed by atoms with Gasteiger partial charge < -0.3 is 4.42 Å². The summed E-state index contributed by atoms with van der Waals surface area (Å²) in [6.07, 6.45) is 0. The molecule has 0 N–H and O–H groups in total. The van der Waals surface area contributed by atoms with Gasteiger partial charge in [-0.05, 0) is 91.0 Å². The molecule has 0 bridgehead atoms. The Morgan fingerprint density at radius 2 is 0.684 bits per heavy atom. The molecule has 11 rings (SSSR count). The van der Waals surface area contributed by atoms with E-state index in [0.717, 1.165) is 66.0 Å². The Balaban J connectivity index is 1.10. The van der Waals surface area contributed by atoms with Crippen LogP contribution in [-0.2, 0) is 0 Å². The molecule has 0 amide bonds. The Bertz CT molecular complexity index is 3220. The summed E-state index contributed by atoms with van der Waals surface area (Å²) in [5.74, 6) is 0.630. The Morgan fingerprint density at radius 1 is 0.281 bits per heavy atom. The van der Waals surface area contributed by atoms with Crippen LogP contribution in [0, 0.1) is 0 Å². The molecular formula is C54H34N2O. The molecule has 0 fully saturated rings. The van der Waals surface area contributed by atoms with Gasteiger partial charge >= 0.3 is 0 Å². The standard InChI is InChI=1S/C54H34N2O/c1-4-16-35(17-5-1)42-32-43(36-18-6-2-7-19-36)34-44(33-42)40-24-14-22-38(30-40)39-23-15-25-41(31-39)51-50-49-47-28-12-10-26-45(47)46-27-11-13-29-48(46)52(49)57-54(50)56-53(55-51)37-20-8-3-9-21-37/h1-34H. The third-order valence-corrected chi connectivity index (χ3v) is 11.1. The average Bonchev–Trinajstić information content (AvgIpc) is 3.70. The average molecular weight is 727 g/mol. The highest BCUT2D eigenvalue weighted by molar-refractivity contribution is 6.31. The molecule has 0 atom stereocenters. The first kappa shape index (κ1) is 32.8. The van der Waals surface area contributed by atoms with Gasteiger partial charge in [0.05, 0.1) is 11.1 Å². The van der Waals surface area contributed by atoms with Gasteiger partial charge in [-0.2, -0.15) is 4.98 Å². The molecule has 3 heteroatoms. The first-order chi connectivity index (χ1) is 28.2. The van der Waals surface area contributed by atoms with E-state index in [9.17, 15) is 0 Å². The van der Waals surface area contributed by atoms with Crippen LogP contribution < -0.4 is 0 Å². The molecule has 266 valence electrons. The Kier molecular flexibility index (Phi) is 7.82. The lowest BCUT2D eigenvalue weighted by Gasteiger charge is -2.13. The van der Waals surface area contributed by atoms with E-state index < -0.39 is 0 Å². The number of rotatable bonds is 6. The van der Waals surface area contributed by atoms with Crippen molar-refractivity contribution in [3.8, 4) is 67.2 Å². The zero-order valence-corrected chi connectivity index (χ0v) is 30.9. The fourth-order valence-electron chi connectivity index (χ4n) is 8.34. The fourth-order valence-corrected chi connectivity index (χ4v) is 8.34. The normalized spacial score (nSPS) is 11.5. The van der Waals surface area contributed by atoms with Crippen LogP contribution in [0.5, 0.6) is 0 Å². The number of benzene rings is 9. The lowest BCUT2D eigenvalue weighted by Crippen LogP contribution is -1.94. The van der Waals surface area contributed by atoms with Gasteiger partial charge in [0.25, 0.3) is 0 Å². The minimum atomic E-state index is 0.579. The molecule has 0 radical (unpaired) electrons. The van der Waals surface area contributed by atoms with Gasteiger partial charge in [0.15, 0.2) is 5.82 Å². The predicted molar refractivity (Wildman–Crippen MR) is 237 cm³/mol. The lowest BCUT2D eigenvalue weighted by atomic mass is 9.91. The second-order valence-corrected chi connectivity index (χ2v) is 14.5. The van der Waals surface area contributed by atoms with Crippen molar-refractivity contribution in [1.82, 2.24) is 9.97 Å². The van der Waals surface area contributed by atoms with Crippen molar-refractivity contribution in [1.29, 1.82) is 0 Å². The maximum absolute atomic E-state index is 6.81. The van der Waals surface area contributed by atoms with Gasteiger partial charge in [-0.3, -0.25) is 0 Å². The van der Waals surface area contributed by atoms with E-state index in [1.165, 1.54) is 33.2 Å². The molecule has 11 aromatic rings. The monoisotopic (exact) mass is 726 g/mol. The molecule has 0 aliphatic rings. The molecule has 3 nitrogen and oxygen atoms in total. The predicted octanol–water partition coefficient (Wildman–Crippen LogP) is 14.7. The summed E-state index contributed by atoms with van der Waals surface area (Å²) in [5, 5.41) is 6.48. The van der Waals surface area contributed by atoms with Crippen molar-refractivity contribution in [3.63, 3.8) is 0 Å². The zero-order valence-electron chi connectivity index (χ0n) is 30.9. The Hall–Kier alpha value is -7.62. The van der Waals surface area contributed by atoms with Gasteiger partial charge in [0, 0.05) is 21.9 Å². The van der Waals surface area contributed by atoms with Gasteiger partial charge in [-0.25, -0.2) is 4.98 Å². The Morgan fingerprint density at radius 3 is 1.28 bits per heavy atom. The largest absolute Gasteiger partial charge is 0.437 e.